The summed E-state index contributed by atoms with van der Waals surface area (Å²) >= 11 is 0. The van der Waals surface area contributed by atoms with E-state index in [1.165, 1.54) is 6.07 Å². The second kappa shape index (κ2) is 4.99. The van der Waals surface area contributed by atoms with Gasteiger partial charge in [-0.15, -0.1) is 10.2 Å². The highest BCUT2D eigenvalue weighted by molar-refractivity contribution is 5.33. The van der Waals surface area contributed by atoms with E-state index in [0.717, 1.165) is 11.8 Å². The Morgan fingerprint density at radius 3 is 2.44 bits per heavy atom. The van der Waals surface area contributed by atoms with Crippen molar-refractivity contribution in [3.05, 3.63) is 47.9 Å². The first-order valence-corrected chi connectivity index (χ1v) is 5.10. The number of nitrogens with one attached hydrogen (secondary N) is 1. The number of hydrogen-bond acceptors (Lipinski definition) is 4. The lowest BCUT2D eigenvalue weighted by molar-refractivity contribution is -0.141. The smallest absolute Gasteiger partial charge is 0.363 e. The number of aromatic nitrogens is 3. The number of hydrogen-bond donors (Lipinski definition) is 1. The summed E-state index contributed by atoms with van der Waals surface area (Å²) in [6.07, 6.45) is -2.83. The van der Waals surface area contributed by atoms with Crippen molar-refractivity contribution in [3.63, 3.8) is 0 Å². The van der Waals surface area contributed by atoms with Crippen LogP contribution in [0.4, 0.5) is 19.0 Å². The predicted octanol–water partition coefficient (Wildman–Crippen LogP) is 2.50. The molecule has 0 saturated heterocycles. The molecule has 0 aliphatic heterocycles. The van der Waals surface area contributed by atoms with Crippen LogP contribution in [0, 0.1) is 0 Å². The number of anilines is 1. The molecule has 2 rings (SSSR count). The van der Waals surface area contributed by atoms with E-state index in [1.54, 1.807) is 18.3 Å². The van der Waals surface area contributed by atoms with Crippen molar-refractivity contribution < 1.29 is 13.2 Å². The molecule has 0 aromatic carbocycles. The van der Waals surface area contributed by atoms with Gasteiger partial charge in [0.05, 0.1) is 12.2 Å². The van der Waals surface area contributed by atoms with E-state index in [1.807, 2.05) is 6.07 Å². The average Bonchev–Trinajstić information content (AvgIpc) is 2.37. The van der Waals surface area contributed by atoms with Gasteiger partial charge in [0.25, 0.3) is 0 Å². The molecule has 0 unspecified atom stereocenters. The van der Waals surface area contributed by atoms with Gasteiger partial charge < -0.3 is 5.32 Å². The molecule has 2 aromatic rings. The minimum Gasteiger partial charge on any atom is -0.363 e. The van der Waals surface area contributed by atoms with Crippen molar-refractivity contribution in [2.75, 3.05) is 5.32 Å². The fourth-order valence-electron chi connectivity index (χ4n) is 1.26. The maximum atomic E-state index is 12.2. The van der Waals surface area contributed by atoms with Crippen LogP contribution in [0.3, 0.4) is 0 Å². The predicted molar refractivity (Wildman–Crippen MR) is 58.6 cm³/mol. The molecule has 0 aliphatic carbocycles. The lowest BCUT2D eigenvalue weighted by Crippen LogP contribution is -2.10. The molecule has 2 heterocycles. The highest BCUT2D eigenvalue weighted by Crippen LogP contribution is 2.27. The largest absolute Gasteiger partial charge is 0.435 e. The van der Waals surface area contributed by atoms with E-state index in [9.17, 15) is 13.2 Å². The highest BCUT2D eigenvalue weighted by atomic mass is 19.4. The number of pyridine rings is 1. The minimum atomic E-state index is -4.47. The molecule has 4 nitrogen and oxygen atoms in total. The molecule has 0 fully saturated rings. The van der Waals surface area contributed by atoms with E-state index in [0.29, 0.717) is 6.54 Å². The van der Waals surface area contributed by atoms with E-state index in [4.69, 9.17) is 0 Å². The van der Waals surface area contributed by atoms with Gasteiger partial charge >= 0.3 is 6.18 Å². The summed E-state index contributed by atoms with van der Waals surface area (Å²) < 4.78 is 36.7. The molecule has 2 aromatic heterocycles. The molecule has 0 amide bonds. The Bertz CT molecular complexity index is 496. The first-order chi connectivity index (χ1) is 8.55. The molecule has 94 valence electrons. The molecular weight excluding hydrogens is 245 g/mol. The molecule has 0 aliphatic rings. The second-order valence-electron chi connectivity index (χ2n) is 3.48. The normalized spacial score (nSPS) is 11.3. The van der Waals surface area contributed by atoms with E-state index in [-0.39, 0.29) is 5.82 Å². The van der Waals surface area contributed by atoms with Crippen molar-refractivity contribution in [3.8, 4) is 0 Å². The summed E-state index contributed by atoms with van der Waals surface area (Å²) in [7, 11) is 0. The monoisotopic (exact) mass is 254 g/mol. The molecule has 0 spiro atoms. The van der Waals surface area contributed by atoms with Crippen molar-refractivity contribution in [1.82, 2.24) is 15.2 Å². The fraction of sp³-hybridized carbons (Fsp3) is 0.182. The van der Waals surface area contributed by atoms with Gasteiger partial charge in [0.2, 0.25) is 0 Å². The summed E-state index contributed by atoms with van der Waals surface area (Å²) in [5.41, 5.74) is -0.245. The van der Waals surface area contributed by atoms with Gasteiger partial charge in [0.1, 0.15) is 5.82 Å². The van der Waals surface area contributed by atoms with Crippen LogP contribution in [0.25, 0.3) is 0 Å². The Labute approximate surface area is 101 Å². The molecule has 0 bridgehead atoms. The Morgan fingerprint density at radius 1 is 1.06 bits per heavy atom. The van der Waals surface area contributed by atoms with Crippen molar-refractivity contribution >= 4 is 5.82 Å². The van der Waals surface area contributed by atoms with Gasteiger partial charge in [-0.1, -0.05) is 6.07 Å². The standard InChI is InChI=1S/C11H9F3N4/c12-11(13,14)9-4-5-10(18-17-9)16-7-8-3-1-2-6-15-8/h1-6H,7H2,(H,16,18). The lowest BCUT2D eigenvalue weighted by atomic mass is 10.3. The molecule has 7 heteroatoms. The summed E-state index contributed by atoms with van der Waals surface area (Å²) in [5.74, 6) is 0.272. The van der Waals surface area contributed by atoms with Gasteiger partial charge in [0, 0.05) is 6.20 Å². The third-order valence-electron chi connectivity index (χ3n) is 2.13. The summed E-state index contributed by atoms with van der Waals surface area (Å²) in [6.45, 7) is 0.376. The zero-order chi connectivity index (χ0) is 13.0. The Morgan fingerprint density at radius 2 is 1.89 bits per heavy atom. The molecule has 1 N–H and O–H groups in total. The second-order valence-corrected chi connectivity index (χ2v) is 3.48. The number of rotatable bonds is 3. The van der Waals surface area contributed by atoms with Crippen molar-refractivity contribution in [2.24, 2.45) is 0 Å². The maximum Gasteiger partial charge on any atom is 0.435 e. The first-order valence-electron chi connectivity index (χ1n) is 5.10. The van der Waals surface area contributed by atoms with Gasteiger partial charge in [-0.3, -0.25) is 4.98 Å². The summed E-state index contributed by atoms with van der Waals surface area (Å²) in [5, 5.41) is 9.39. The molecular formula is C11H9F3N4. The van der Waals surface area contributed by atoms with Gasteiger partial charge in [0.15, 0.2) is 5.69 Å². The highest BCUT2D eigenvalue weighted by Gasteiger charge is 2.32. The van der Waals surface area contributed by atoms with Gasteiger partial charge in [-0.2, -0.15) is 13.2 Å². The SMILES string of the molecule is FC(F)(F)c1ccc(NCc2ccccn2)nn1. The minimum absolute atomic E-state index is 0.272. The van der Waals surface area contributed by atoms with Crippen LogP contribution in [0.5, 0.6) is 0 Å². The molecule has 0 radical (unpaired) electrons. The number of nitrogens with zero attached hydrogens (tertiary/aromatic N) is 3. The van der Waals surface area contributed by atoms with Crippen LogP contribution in [0.1, 0.15) is 11.4 Å². The Hall–Kier alpha value is -2.18. The quantitative estimate of drug-likeness (QED) is 0.914. The Kier molecular flexibility index (Phi) is 3.40. The van der Waals surface area contributed by atoms with E-state index in [2.05, 4.69) is 20.5 Å². The van der Waals surface area contributed by atoms with Crippen molar-refractivity contribution in [2.45, 2.75) is 12.7 Å². The zero-order valence-corrected chi connectivity index (χ0v) is 9.15. The molecule has 0 atom stereocenters. The van der Waals surface area contributed by atoms with Crippen LogP contribution in [-0.4, -0.2) is 15.2 Å². The topological polar surface area (TPSA) is 50.7 Å². The van der Waals surface area contributed by atoms with E-state index < -0.39 is 11.9 Å². The molecule has 0 saturated carbocycles. The number of halogens is 3. The van der Waals surface area contributed by atoms with Crippen LogP contribution in [0.15, 0.2) is 36.5 Å². The number of alkyl halides is 3. The summed E-state index contributed by atoms with van der Waals surface area (Å²) in [6, 6.07) is 7.51. The average molecular weight is 254 g/mol. The third kappa shape index (κ3) is 3.16. The maximum absolute atomic E-state index is 12.2. The van der Waals surface area contributed by atoms with Crippen LogP contribution >= 0.6 is 0 Å². The van der Waals surface area contributed by atoms with Crippen LogP contribution < -0.4 is 5.32 Å². The fourth-order valence-corrected chi connectivity index (χ4v) is 1.26. The lowest BCUT2D eigenvalue weighted by Gasteiger charge is -2.06. The first kappa shape index (κ1) is 12.3. The third-order valence-corrected chi connectivity index (χ3v) is 2.13. The van der Waals surface area contributed by atoms with Gasteiger partial charge in [-0.05, 0) is 24.3 Å². The molecule has 18 heavy (non-hydrogen) atoms. The van der Waals surface area contributed by atoms with Crippen LogP contribution in [-0.2, 0) is 12.7 Å². The van der Waals surface area contributed by atoms with Crippen LogP contribution in [0.2, 0.25) is 0 Å². The Balaban J connectivity index is 1.99. The van der Waals surface area contributed by atoms with Gasteiger partial charge in [-0.25, -0.2) is 0 Å². The zero-order valence-electron chi connectivity index (χ0n) is 9.15. The van der Waals surface area contributed by atoms with E-state index >= 15 is 0 Å². The summed E-state index contributed by atoms with van der Waals surface area (Å²) in [4.78, 5) is 4.06. The van der Waals surface area contributed by atoms with Crippen molar-refractivity contribution in [1.29, 1.82) is 0 Å².